The maximum absolute atomic E-state index is 10.8. The summed E-state index contributed by atoms with van der Waals surface area (Å²) in [5.41, 5.74) is 3.19. The van der Waals surface area contributed by atoms with Crippen LogP contribution >= 0.6 is 0 Å². The second-order valence-electron chi connectivity index (χ2n) is 11.2. The first-order chi connectivity index (χ1) is 20.2. The van der Waals surface area contributed by atoms with E-state index in [0.717, 1.165) is 86.4 Å². The number of piperidine rings is 1. The molecule has 9 nitrogen and oxygen atoms in total. The number of rotatable bonds is 9. The number of ether oxygens (including phenoxy) is 1. The SMILES string of the molecule is O=CC=CN1CCN(c2nc(OCCCN3CCCCC3)nc3c2CCN(c2cc(O)cc4ccccc24)C3)CC1. The number of aromatic nitrogens is 2. The van der Waals surface area contributed by atoms with Crippen LogP contribution in [-0.4, -0.2) is 90.1 Å². The van der Waals surface area contributed by atoms with Crippen LogP contribution in [0.25, 0.3) is 10.8 Å². The Morgan fingerprint density at radius 3 is 2.59 bits per heavy atom. The molecular weight excluding hydrogens is 516 g/mol. The van der Waals surface area contributed by atoms with Crippen molar-refractivity contribution in [1.29, 1.82) is 0 Å². The lowest BCUT2D eigenvalue weighted by molar-refractivity contribution is -0.104. The number of piperazine rings is 1. The molecule has 0 atom stereocenters. The topological polar surface area (TPSA) is 85.3 Å². The van der Waals surface area contributed by atoms with Gasteiger partial charge in [0.1, 0.15) is 17.9 Å². The van der Waals surface area contributed by atoms with E-state index in [9.17, 15) is 9.90 Å². The first kappa shape index (κ1) is 27.3. The maximum atomic E-state index is 10.8. The summed E-state index contributed by atoms with van der Waals surface area (Å²) in [5.74, 6) is 1.24. The van der Waals surface area contributed by atoms with Gasteiger partial charge in [-0.15, -0.1) is 0 Å². The van der Waals surface area contributed by atoms with Crippen molar-refractivity contribution in [2.45, 2.75) is 38.6 Å². The monoisotopic (exact) mass is 556 g/mol. The molecule has 0 bridgehead atoms. The molecule has 0 saturated carbocycles. The van der Waals surface area contributed by atoms with Crippen LogP contribution in [0.3, 0.4) is 0 Å². The van der Waals surface area contributed by atoms with E-state index < -0.39 is 0 Å². The number of hydrogen-bond acceptors (Lipinski definition) is 9. The third-order valence-corrected chi connectivity index (χ3v) is 8.48. The van der Waals surface area contributed by atoms with Gasteiger partial charge >= 0.3 is 6.01 Å². The van der Waals surface area contributed by atoms with Gasteiger partial charge in [-0.3, -0.25) is 4.79 Å². The zero-order valence-electron chi connectivity index (χ0n) is 23.7. The van der Waals surface area contributed by atoms with Crippen molar-refractivity contribution in [1.82, 2.24) is 19.8 Å². The van der Waals surface area contributed by atoms with Crippen LogP contribution in [0.5, 0.6) is 11.8 Å². The first-order valence-electron chi connectivity index (χ1n) is 15.0. The van der Waals surface area contributed by atoms with Gasteiger partial charge in [0, 0.05) is 68.2 Å². The second-order valence-corrected chi connectivity index (χ2v) is 11.2. The third kappa shape index (κ3) is 6.40. The van der Waals surface area contributed by atoms with E-state index >= 15 is 0 Å². The van der Waals surface area contributed by atoms with Gasteiger partial charge in [0.05, 0.1) is 18.8 Å². The molecule has 6 rings (SSSR count). The normalized spacial score (nSPS) is 18.2. The van der Waals surface area contributed by atoms with Crippen molar-refractivity contribution in [3.05, 3.63) is 59.9 Å². The van der Waals surface area contributed by atoms with Gasteiger partial charge < -0.3 is 29.4 Å². The zero-order valence-corrected chi connectivity index (χ0v) is 23.7. The summed E-state index contributed by atoms with van der Waals surface area (Å²) in [4.78, 5) is 30.0. The molecular formula is C32H40N6O3. The predicted molar refractivity (Wildman–Crippen MR) is 162 cm³/mol. The third-order valence-electron chi connectivity index (χ3n) is 8.48. The molecule has 2 fully saturated rings. The van der Waals surface area contributed by atoms with Crippen LogP contribution < -0.4 is 14.5 Å². The van der Waals surface area contributed by atoms with Gasteiger partial charge in [-0.2, -0.15) is 9.97 Å². The van der Waals surface area contributed by atoms with Gasteiger partial charge in [0.15, 0.2) is 0 Å². The predicted octanol–water partition coefficient (Wildman–Crippen LogP) is 3.99. The fraction of sp³-hybridized carbons (Fsp3) is 0.469. The minimum absolute atomic E-state index is 0.270. The molecule has 9 heteroatoms. The molecule has 41 heavy (non-hydrogen) atoms. The summed E-state index contributed by atoms with van der Waals surface area (Å²) in [5, 5.41) is 12.6. The molecule has 0 radical (unpaired) electrons. The summed E-state index contributed by atoms with van der Waals surface area (Å²) in [7, 11) is 0. The average molecular weight is 557 g/mol. The van der Waals surface area contributed by atoms with Crippen LogP contribution in [-0.2, 0) is 17.8 Å². The highest BCUT2D eigenvalue weighted by atomic mass is 16.5. The molecule has 3 aromatic rings. The Morgan fingerprint density at radius 2 is 1.76 bits per heavy atom. The quantitative estimate of drug-likeness (QED) is 0.239. The van der Waals surface area contributed by atoms with E-state index in [4.69, 9.17) is 14.7 Å². The molecule has 1 aromatic heterocycles. The number of aromatic hydroxyl groups is 1. The molecule has 2 aromatic carbocycles. The average Bonchev–Trinajstić information content (AvgIpc) is 3.02. The molecule has 1 N–H and O–H groups in total. The maximum Gasteiger partial charge on any atom is 0.318 e. The number of nitrogens with zero attached hydrogens (tertiary/aromatic N) is 6. The standard InChI is InChI=1S/C32H40N6O3/c39-20-6-13-36-16-18-37(19-17-36)31-28-10-15-38(30-23-26(40)22-25-8-2-3-9-27(25)30)24-29(28)33-32(34-31)41-21-7-14-35-11-4-1-5-12-35/h2-3,6,8-9,13,20,22-23,40H,1,4-5,7,10-12,14-19,21,24H2. The second kappa shape index (κ2) is 12.8. The van der Waals surface area contributed by atoms with Gasteiger partial charge in [-0.05, 0) is 56.3 Å². The molecule has 0 aliphatic carbocycles. The van der Waals surface area contributed by atoms with Gasteiger partial charge in [-0.25, -0.2) is 0 Å². The van der Waals surface area contributed by atoms with Gasteiger partial charge in [-0.1, -0.05) is 30.7 Å². The van der Waals surface area contributed by atoms with Crippen molar-refractivity contribution in [3.63, 3.8) is 0 Å². The summed E-state index contributed by atoms with van der Waals surface area (Å²) < 4.78 is 6.20. The van der Waals surface area contributed by atoms with Crippen molar-refractivity contribution >= 4 is 28.6 Å². The fourth-order valence-corrected chi connectivity index (χ4v) is 6.33. The molecule has 3 aliphatic heterocycles. The smallest absolute Gasteiger partial charge is 0.318 e. The Morgan fingerprint density at radius 1 is 0.927 bits per heavy atom. The summed E-state index contributed by atoms with van der Waals surface area (Å²) in [6.45, 7) is 8.77. The van der Waals surface area contributed by atoms with E-state index in [-0.39, 0.29) is 5.75 Å². The lowest BCUT2D eigenvalue weighted by Crippen LogP contribution is -2.45. The number of phenols is 1. The number of carbonyl (C=O) groups is 1. The number of aldehydes is 1. The highest BCUT2D eigenvalue weighted by Crippen LogP contribution is 2.36. The molecule has 2 saturated heterocycles. The zero-order chi connectivity index (χ0) is 28.0. The van der Waals surface area contributed by atoms with Crippen molar-refractivity contribution in [2.75, 3.05) is 68.8 Å². The lowest BCUT2D eigenvalue weighted by atomic mass is 10.0. The largest absolute Gasteiger partial charge is 0.508 e. The number of carbonyl (C=O) groups excluding carboxylic acids is 1. The Hall–Kier alpha value is -3.85. The van der Waals surface area contributed by atoms with Crippen LogP contribution in [0.15, 0.2) is 48.7 Å². The minimum Gasteiger partial charge on any atom is -0.508 e. The van der Waals surface area contributed by atoms with E-state index in [1.54, 1.807) is 6.08 Å². The lowest BCUT2D eigenvalue weighted by Gasteiger charge is -2.38. The number of likely N-dealkylation sites (tertiary alicyclic amines) is 1. The molecule has 0 spiro atoms. The molecule has 216 valence electrons. The Balaban J connectivity index is 1.23. The minimum atomic E-state index is 0.270. The van der Waals surface area contributed by atoms with Crippen LogP contribution in [0.1, 0.15) is 36.9 Å². The Labute approximate surface area is 242 Å². The number of fused-ring (bicyclic) bond motifs is 2. The van der Waals surface area contributed by atoms with Crippen LogP contribution in [0, 0.1) is 0 Å². The Kier molecular flexibility index (Phi) is 8.51. The van der Waals surface area contributed by atoms with E-state index in [1.165, 1.54) is 37.9 Å². The van der Waals surface area contributed by atoms with E-state index in [1.807, 2.05) is 36.5 Å². The number of phenolic OH excluding ortho intramolecular Hbond substituents is 1. The van der Waals surface area contributed by atoms with Crippen LogP contribution in [0.4, 0.5) is 11.5 Å². The number of anilines is 2. The van der Waals surface area contributed by atoms with Crippen molar-refractivity contribution in [2.24, 2.45) is 0 Å². The van der Waals surface area contributed by atoms with Gasteiger partial charge in [0.25, 0.3) is 0 Å². The van der Waals surface area contributed by atoms with E-state index in [0.29, 0.717) is 19.2 Å². The highest BCUT2D eigenvalue weighted by Gasteiger charge is 2.28. The molecule has 0 unspecified atom stereocenters. The number of benzene rings is 2. The first-order valence-corrected chi connectivity index (χ1v) is 15.0. The number of hydrogen-bond donors (Lipinski definition) is 1. The van der Waals surface area contributed by atoms with Crippen molar-refractivity contribution in [3.8, 4) is 11.8 Å². The van der Waals surface area contributed by atoms with Crippen molar-refractivity contribution < 1.29 is 14.6 Å². The molecule has 0 amide bonds. The van der Waals surface area contributed by atoms with Crippen LogP contribution in [0.2, 0.25) is 0 Å². The summed E-state index contributed by atoms with van der Waals surface area (Å²) >= 11 is 0. The van der Waals surface area contributed by atoms with Gasteiger partial charge in [0.2, 0.25) is 0 Å². The Bertz CT molecular complexity index is 1380. The molecule has 3 aliphatic rings. The van der Waals surface area contributed by atoms with E-state index in [2.05, 4.69) is 25.7 Å². The summed E-state index contributed by atoms with van der Waals surface area (Å²) in [6.07, 6.45) is 9.95. The molecule has 4 heterocycles. The highest BCUT2D eigenvalue weighted by molar-refractivity contribution is 5.95. The summed E-state index contributed by atoms with van der Waals surface area (Å²) in [6, 6.07) is 12.3. The fourth-order valence-electron chi connectivity index (χ4n) is 6.33. The number of allylic oxidation sites excluding steroid dienone is 1.